The zero-order valence-electron chi connectivity index (χ0n) is 11.5. The molecule has 0 spiro atoms. The van der Waals surface area contributed by atoms with E-state index in [0.29, 0.717) is 6.61 Å². The summed E-state index contributed by atoms with van der Waals surface area (Å²) in [6.07, 6.45) is 1.38. The third kappa shape index (κ3) is 3.81. The molecule has 0 aliphatic rings. The van der Waals surface area contributed by atoms with Crippen molar-refractivity contribution in [2.75, 3.05) is 11.9 Å². The minimum atomic E-state index is -0.775. The Morgan fingerprint density at radius 2 is 2.33 bits per heavy atom. The Morgan fingerprint density at radius 1 is 1.52 bits per heavy atom. The van der Waals surface area contributed by atoms with E-state index in [1.165, 1.54) is 19.3 Å². The van der Waals surface area contributed by atoms with Crippen molar-refractivity contribution in [2.45, 2.75) is 19.9 Å². The van der Waals surface area contributed by atoms with E-state index in [1.54, 1.807) is 13.0 Å². The molecule has 9 nitrogen and oxygen atoms in total. The topological polar surface area (TPSA) is 122 Å². The van der Waals surface area contributed by atoms with E-state index in [-0.39, 0.29) is 17.7 Å². The first-order valence-corrected chi connectivity index (χ1v) is 6.30. The van der Waals surface area contributed by atoms with Gasteiger partial charge in [-0.15, -0.1) is 5.10 Å². The molecule has 0 aromatic carbocycles. The fourth-order valence-electron chi connectivity index (χ4n) is 1.46. The molecule has 9 heteroatoms. The summed E-state index contributed by atoms with van der Waals surface area (Å²) in [5.74, 6) is -0.653. The average molecular weight is 293 g/mol. The Morgan fingerprint density at radius 3 is 3.00 bits per heavy atom. The monoisotopic (exact) mass is 293 g/mol. The number of nitrogens with zero attached hydrogens (tertiary/aromatic N) is 2. The van der Waals surface area contributed by atoms with Crippen LogP contribution in [-0.4, -0.2) is 39.6 Å². The summed E-state index contributed by atoms with van der Waals surface area (Å²) in [6.45, 7) is 3.75. The van der Waals surface area contributed by atoms with Crippen LogP contribution in [0.4, 0.5) is 5.95 Å². The van der Waals surface area contributed by atoms with Crippen LogP contribution >= 0.6 is 0 Å². The maximum atomic E-state index is 11.9. The van der Waals surface area contributed by atoms with Gasteiger partial charge < -0.3 is 14.5 Å². The first kappa shape index (κ1) is 14.6. The van der Waals surface area contributed by atoms with Crippen molar-refractivity contribution in [3.63, 3.8) is 0 Å². The summed E-state index contributed by atoms with van der Waals surface area (Å²) in [5, 5.41) is 11.2. The minimum Gasteiger partial charge on any atom is -0.463 e. The second-order valence-corrected chi connectivity index (χ2v) is 4.06. The van der Waals surface area contributed by atoms with Crippen LogP contribution in [0.5, 0.6) is 6.01 Å². The van der Waals surface area contributed by atoms with E-state index < -0.39 is 17.9 Å². The van der Waals surface area contributed by atoms with Crippen LogP contribution in [-0.2, 0) is 4.79 Å². The molecule has 1 atom stereocenters. The maximum Gasteiger partial charge on any atom is 0.337 e. The molecule has 21 heavy (non-hydrogen) atoms. The molecule has 2 rings (SSSR count). The summed E-state index contributed by atoms with van der Waals surface area (Å²) in [6, 6.07) is 2.46. The van der Waals surface area contributed by atoms with E-state index >= 15 is 0 Å². The molecular formula is C12H15N5O4. The number of hydrogen-bond acceptors (Lipinski definition) is 6. The van der Waals surface area contributed by atoms with Crippen molar-refractivity contribution >= 4 is 17.8 Å². The molecule has 112 valence electrons. The van der Waals surface area contributed by atoms with Crippen molar-refractivity contribution in [3.05, 3.63) is 24.2 Å². The van der Waals surface area contributed by atoms with E-state index in [2.05, 4.69) is 25.8 Å². The Bertz CT molecular complexity index is 607. The predicted octanol–water partition coefficient (Wildman–Crippen LogP) is 0.553. The predicted molar refractivity (Wildman–Crippen MR) is 71.8 cm³/mol. The third-order valence-electron chi connectivity index (χ3n) is 2.47. The zero-order chi connectivity index (χ0) is 15.2. The Balaban J connectivity index is 1.88. The highest BCUT2D eigenvalue weighted by Crippen LogP contribution is 2.06. The molecule has 0 aliphatic heterocycles. The Kier molecular flexibility index (Phi) is 4.54. The SMILES string of the molecule is CCOc1n[nH]c(NC(=O)C(C)NC(=O)c2ccco2)n1. The molecule has 0 aliphatic carbocycles. The molecule has 2 amide bonds. The van der Waals surface area contributed by atoms with E-state index in [1.807, 2.05) is 0 Å². The number of carbonyl (C=O) groups is 2. The number of amides is 2. The fraction of sp³-hybridized carbons (Fsp3) is 0.333. The third-order valence-corrected chi connectivity index (χ3v) is 2.47. The second-order valence-electron chi connectivity index (χ2n) is 4.06. The number of anilines is 1. The first-order valence-electron chi connectivity index (χ1n) is 6.30. The van der Waals surface area contributed by atoms with Crippen molar-refractivity contribution in [3.8, 4) is 6.01 Å². The summed E-state index contributed by atoms with van der Waals surface area (Å²) < 4.78 is 9.99. The van der Waals surface area contributed by atoms with E-state index in [4.69, 9.17) is 9.15 Å². The number of hydrogen-bond donors (Lipinski definition) is 3. The highest BCUT2D eigenvalue weighted by molar-refractivity contribution is 5.99. The van der Waals surface area contributed by atoms with Crippen LogP contribution in [0.1, 0.15) is 24.4 Å². The molecule has 2 aromatic heterocycles. The minimum absolute atomic E-state index is 0.132. The number of rotatable bonds is 6. The van der Waals surface area contributed by atoms with Crippen LogP contribution in [0.3, 0.4) is 0 Å². The molecule has 0 fully saturated rings. The number of ether oxygens (including phenoxy) is 1. The van der Waals surface area contributed by atoms with Crippen molar-refractivity contribution in [1.82, 2.24) is 20.5 Å². The average Bonchev–Trinajstić information content (AvgIpc) is 3.10. The van der Waals surface area contributed by atoms with Gasteiger partial charge >= 0.3 is 6.01 Å². The van der Waals surface area contributed by atoms with E-state index in [9.17, 15) is 9.59 Å². The molecule has 3 N–H and O–H groups in total. The molecule has 0 bridgehead atoms. The lowest BCUT2D eigenvalue weighted by Crippen LogP contribution is -2.41. The van der Waals surface area contributed by atoms with Gasteiger partial charge in [0.25, 0.3) is 5.91 Å². The fourth-order valence-corrected chi connectivity index (χ4v) is 1.46. The summed E-state index contributed by atoms with van der Waals surface area (Å²) in [4.78, 5) is 27.5. The zero-order valence-corrected chi connectivity index (χ0v) is 11.5. The van der Waals surface area contributed by atoms with Crippen LogP contribution in [0.2, 0.25) is 0 Å². The highest BCUT2D eigenvalue weighted by Gasteiger charge is 2.19. The van der Waals surface area contributed by atoms with Gasteiger partial charge in [-0.25, -0.2) is 5.10 Å². The largest absolute Gasteiger partial charge is 0.463 e. The van der Waals surface area contributed by atoms with Crippen molar-refractivity contribution in [1.29, 1.82) is 0 Å². The van der Waals surface area contributed by atoms with Gasteiger partial charge in [-0.3, -0.25) is 14.9 Å². The Hall–Kier alpha value is -2.84. The molecule has 0 saturated heterocycles. The molecule has 0 radical (unpaired) electrons. The number of aromatic amines is 1. The number of nitrogens with one attached hydrogen (secondary N) is 3. The molecule has 0 saturated carbocycles. The van der Waals surface area contributed by atoms with Gasteiger partial charge in [0.1, 0.15) is 6.04 Å². The van der Waals surface area contributed by atoms with Crippen LogP contribution in [0.25, 0.3) is 0 Å². The van der Waals surface area contributed by atoms with E-state index in [0.717, 1.165) is 0 Å². The van der Waals surface area contributed by atoms with Gasteiger partial charge in [0.15, 0.2) is 5.76 Å². The maximum absolute atomic E-state index is 11.9. The van der Waals surface area contributed by atoms with Gasteiger partial charge in [-0.1, -0.05) is 0 Å². The number of carbonyl (C=O) groups excluding carboxylic acids is 2. The first-order chi connectivity index (χ1) is 10.1. The molecule has 1 unspecified atom stereocenters. The lowest BCUT2D eigenvalue weighted by Gasteiger charge is -2.11. The standard InChI is InChI=1S/C12H15N5O4/c1-3-20-12-15-11(16-17-12)14-9(18)7(2)13-10(19)8-5-4-6-21-8/h4-7H,3H2,1-2H3,(H,13,19)(H2,14,15,16,17,18). The molecular weight excluding hydrogens is 278 g/mol. The summed E-state index contributed by atoms with van der Waals surface area (Å²) in [7, 11) is 0. The lowest BCUT2D eigenvalue weighted by molar-refractivity contribution is -0.117. The molecule has 2 aromatic rings. The van der Waals surface area contributed by atoms with Crippen molar-refractivity contribution in [2.24, 2.45) is 0 Å². The second kappa shape index (κ2) is 6.55. The van der Waals surface area contributed by atoms with Crippen LogP contribution < -0.4 is 15.4 Å². The normalized spacial score (nSPS) is 11.7. The summed E-state index contributed by atoms with van der Waals surface area (Å²) >= 11 is 0. The summed E-state index contributed by atoms with van der Waals surface area (Å²) in [5.41, 5.74) is 0. The van der Waals surface area contributed by atoms with Gasteiger partial charge in [0, 0.05) is 0 Å². The molecule has 2 heterocycles. The lowest BCUT2D eigenvalue weighted by atomic mass is 10.3. The van der Waals surface area contributed by atoms with Gasteiger partial charge in [0.05, 0.1) is 12.9 Å². The Labute approximate surface area is 120 Å². The smallest absolute Gasteiger partial charge is 0.337 e. The van der Waals surface area contributed by atoms with Crippen LogP contribution in [0, 0.1) is 0 Å². The van der Waals surface area contributed by atoms with Crippen LogP contribution in [0.15, 0.2) is 22.8 Å². The van der Waals surface area contributed by atoms with Gasteiger partial charge in [0.2, 0.25) is 11.9 Å². The number of aromatic nitrogens is 3. The highest BCUT2D eigenvalue weighted by atomic mass is 16.5. The number of furan rings is 1. The van der Waals surface area contributed by atoms with Gasteiger partial charge in [-0.05, 0) is 26.0 Å². The number of H-pyrrole nitrogens is 1. The van der Waals surface area contributed by atoms with Crippen molar-refractivity contribution < 1.29 is 18.7 Å². The van der Waals surface area contributed by atoms with Gasteiger partial charge in [-0.2, -0.15) is 4.98 Å². The quantitative estimate of drug-likeness (QED) is 0.715.